The van der Waals surface area contributed by atoms with Gasteiger partial charge in [0.2, 0.25) is 0 Å². The number of aliphatic hydroxyl groups is 1. The van der Waals surface area contributed by atoms with E-state index in [-0.39, 0.29) is 11.5 Å². The monoisotopic (exact) mass is 302 g/mol. The maximum Gasteiger partial charge on any atom is 0.122 e. The highest BCUT2D eigenvalue weighted by Gasteiger charge is 2.40. The Morgan fingerprint density at radius 2 is 2.18 bits per heavy atom. The average molecular weight is 302 g/mol. The van der Waals surface area contributed by atoms with Crippen LogP contribution in [0.2, 0.25) is 0 Å². The highest BCUT2D eigenvalue weighted by atomic mass is 16.5. The van der Waals surface area contributed by atoms with E-state index in [1.54, 1.807) is 7.11 Å². The van der Waals surface area contributed by atoms with Gasteiger partial charge in [0.25, 0.3) is 0 Å². The molecule has 2 nitrogen and oxygen atoms in total. The standard InChI is InChI=1S/C20H30O2/c1-6-7-15-8-9-17(19(12-15)22-5)20(4)11-10-16(14(2)3)18(21)13-20/h6,8-9,12,14,16,18,21H,1,7,10-11,13H2,2-5H3. The van der Waals surface area contributed by atoms with E-state index in [0.29, 0.717) is 11.8 Å². The number of hydrogen-bond acceptors (Lipinski definition) is 2. The van der Waals surface area contributed by atoms with Gasteiger partial charge in [0, 0.05) is 5.56 Å². The smallest absolute Gasteiger partial charge is 0.122 e. The highest BCUT2D eigenvalue weighted by molar-refractivity contribution is 5.43. The molecule has 0 radical (unpaired) electrons. The fourth-order valence-corrected chi connectivity index (χ4v) is 3.94. The van der Waals surface area contributed by atoms with Crippen LogP contribution in [0.5, 0.6) is 5.75 Å². The number of allylic oxidation sites excluding steroid dienone is 1. The molecule has 2 rings (SSSR count). The van der Waals surface area contributed by atoms with Crippen molar-refractivity contribution in [1.82, 2.24) is 0 Å². The molecule has 1 N–H and O–H groups in total. The van der Waals surface area contributed by atoms with Gasteiger partial charge in [-0.25, -0.2) is 0 Å². The fourth-order valence-electron chi connectivity index (χ4n) is 3.94. The average Bonchev–Trinajstić information content (AvgIpc) is 2.46. The molecule has 22 heavy (non-hydrogen) atoms. The van der Waals surface area contributed by atoms with Gasteiger partial charge >= 0.3 is 0 Å². The quantitative estimate of drug-likeness (QED) is 0.812. The summed E-state index contributed by atoms with van der Waals surface area (Å²) in [5.74, 6) is 1.90. The van der Waals surface area contributed by atoms with Gasteiger partial charge in [-0.15, -0.1) is 6.58 Å². The molecule has 3 atom stereocenters. The van der Waals surface area contributed by atoms with E-state index in [1.165, 1.54) is 11.1 Å². The third kappa shape index (κ3) is 3.38. The summed E-state index contributed by atoms with van der Waals surface area (Å²) in [7, 11) is 1.73. The summed E-state index contributed by atoms with van der Waals surface area (Å²) in [6.07, 6.45) is 5.53. The van der Waals surface area contributed by atoms with Crippen molar-refractivity contribution in [3.63, 3.8) is 0 Å². The second-order valence-electron chi connectivity index (χ2n) is 7.31. The second kappa shape index (κ2) is 6.87. The SMILES string of the molecule is C=CCc1ccc(C2(C)CCC(C(C)C)C(O)C2)c(OC)c1. The number of benzene rings is 1. The maximum atomic E-state index is 10.6. The van der Waals surface area contributed by atoms with Gasteiger partial charge in [-0.3, -0.25) is 0 Å². The summed E-state index contributed by atoms with van der Waals surface area (Å²) in [4.78, 5) is 0. The van der Waals surface area contributed by atoms with Crippen molar-refractivity contribution in [3.8, 4) is 5.75 Å². The van der Waals surface area contributed by atoms with Crippen molar-refractivity contribution in [2.24, 2.45) is 11.8 Å². The molecule has 1 saturated carbocycles. The number of methoxy groups -OCH3 is 1. The molecule has 0 amide bonds. The third-order valence-corrected chi connectivity index (χ3v) is 5.34. The third-order valence-electron chi connectivity index (χ3n) is 5.34. The van der Waals surface area contributed by atoms with Crippen LogP contribution in [0.3, 0.4) is 0 Å². The molecule has 0 aromatic heterocycles. The first kappa shape index (κ1) is 17.1. The van der Waals surface area contributed by atoms with Gasteiger partial charge in [0.15, 0.2) is 0 Å². The first-order valence-corrected chi connectivity index (χ1v) is 8.37. The second-order valence-corrected chi connectivity index (χ2v) is 7.31. The van der Waals surface area contributed by atoms with Gasteiger partial charge in [-0.1, -0.05) is 39.0 Å². The Labute approximate surface area is 135 Å². The van der Waals surface area contributed by atoms with Crippen LogP contribution in [0, 0.1) is 11.8 Å². The number of rotatable bonds is 5. The van der Waals surface area contributed by atoms with E-state index in [1.807, 2.05) is 6.08 Å². The Bertz CT molecular complexity index is 520. The largest absolute Gasteiger partial charge is 0.496 e. The van der Waals surface area contributed by atoms with Gasteiger partial charge < -0.3 is 9.84 Å². The van der Waals surface area contributed by atoms with Crippen LogP contribution in [-0.2, 0) is 11.8 Å². The molecule has 0 spiro atoms. The van der Waals surface area contributed by atoms with E-state index >= 15 is 0 Å². The van der Waals surface area contributed by atoms with Crippen molar-refractivity contribution < 1.29 is 9.84 Å². The molecule has 0 saturated heterocycles. The molecule has 1 aliphatic carbocycles. The van der Waals surface area contributed by atoms with Crippen LogP contribution in [0.25, 0.3) is 0 Å². The van der Waals surface area contributed by atoms with E-state index < -0.39 is 0 Å². The van der Waals surface area contributed by atoms with E-state index in [0.717, 1.165) is 31.4 Å². The molecule has 2 heteroatoms. The Balaban J connectivity index is 2.28. The Morgan fingerprint density at radius 3 is 2.73 bits per heavy atom. The van der Waals surface area contributed by atoms with Crippen LogP contribution in [0.15, 0.2) is 30.9 Å². The summed E-state index contributed by atoms with van der Waals surface area (Å²) in [5.41, 5.74) is 2.43. The predicted octanol–water partition coefficient (Wildman–Crippen LogP) is 4.50. The molecule has 3 unspecified atom stereocenters. The molecular formula is C20H30O2. The van der Waals surface area contributed by atoms with Crippen LogP contribution in [0.4, 0.5) is 0 Å². The van der Waals surface area contributed by atoms with E-state index in [2.05, 4.69) is 45.5 Å². The molecule has 122 valence electrons. The lowest BCUT2D eigenvalue weighted by Gasteiger charge is -2.43. The van der Waals surface area contributed by atoms with Crippen LogP contribution < -0.4 is 4.74 Å². The minimum Gasteiger partial charge on any atom is -0.496 e. The van der Waals surface area contributed by atoms with Crippen LogP contribution in [0.1, 0.15) is 51.2 Å². The van der Waals surface area contributed by atoms with Crippen molar-refractivity contribution in [2.75, 3.05) is 7.11 Å². The molecule has 1 aliphatic rings. The first-order valence-electron chi connectivity index (χ1n) is 8.37. The minimum absolute atomic E-state index is 0.0111. The van der Waals surface area contributed by atoms with Crippen LogP contribution >= 0.6 is 0 Å². The number of ether oxygens (including phenoxy) is 1. The Morgan fingerprint density at radius 1 is 1.45 bits per heavy atom. The fraction of sp³-hybridized carbons (Fsp3) is 0.600. The molecule has 0 bridgehead atoms. The zero-order chi connectivity index (χ0) is 16.3. The lowest BCUT2D eigenvalue weighted by atomic mass is 9.64. The summed E-state index contributed by atoms with van der Waals surface area (Å²) in [6.45, 7) is 10.5. The predicted molar refractivity (Wildman–Crippen MR) is 92.4 cm³/mol. The normalized spacial score (nSPS) is 28.6. The van der Waals surface area contributed by atoms with Crippen molar-refractivity contribution in [2.45, 2.75) is 58.0 Å². The Kier molecular flexibility index (Phi) is 5.33. The van der Waals surface area contributed by atoms with Crippen molar-refractivity contribution in [3.05, 3.63) is 42.0 Å². The van der Waals surface area contributed by atoms with E-state index in [9.17, 15) is 5.11 Å². The van der Waals surface area contributed by atoms with Crippen molar-refractivity contribution >= 4 is 0 Å². The number of aliphatic hydroxyl groups excluding tert-OH is 1. The van der Waals surface area contributed by atoms with Crippen molar-refractivity contribution in [1.29, 1.82) is 0 Å². The maximum absolute atomic E-state index is 10.6. The zero-order valence-corrected chi connectivity index (χ0v) is 14.4. The van der Waals surface area contributed by atoms with Gasteiger partial charge in [0.05, 0.1) is 13.2 Å². The minimum atomic E-state index is -0.226. The van der Waals surface area contributed by atoms with Gasteiger partial charge in [0.1, 0.15) is 5.75 Å². The molecule has 0 aliphatic heterocycles. The molecule has 1 aromatic carbocycles. The molecule has 1 fully saturated rings. The molecular weight excluding hydrogens is 272 g/mol. The summed E-state index contributed by atoms with van der Waals surface area (Å²) >= 11 is 0. The number of hydrogen-bond donors (Lipinski definition) is 1. The lowest BCUT2D eigenvalue weighted by molar-refractivity contribution is 0.0147. The summed E-state index contributed by atoms with van der Waals surface area (Å²) < 4.78 is 5.64. The zero-order valence-electron chi connectivity index (χ0n) is 14.4. The first-order chi connectivity index (χ1) is 10.4. The summed E-state index contributed by atoms with van der Waals surface area (Å²) in [5, 5.41) is 10.6. The highest BCUT2D eigenvalue weighted by Crippen LogP contribution is 2.46. The van der Waals surface area contributed by atoms with Gasteiger partial charge in [-0.05, 0) is 54.6 Å². The van der Waals surface area contributed by atoms with E-state index in [4.69, 9.17) is 4.74 Å². The molecule has 1 aromatic rings. The Hall–Kier alpha value is -1.28. The van der Waals surface area contributed by atoms with Crippen LogP contribution in [-0.4, -0.2) is 18.3 Å². The lowest BCUT2D eigenvalue weighted by Crippen LogP contribution is -2.40. The topological polar surface area (TPSA) is 29.5 Å². The van der Waals surface area contributed by atoms with Gasteiger partial charge in [-0.2, -0.15) is 0 Å². The summed E-state index contributed by atoms with van der Waals surface area (Å²) in [6, 6.07) is 6.45. The molecule has 0 heterocycles.